The molecule has 4 amide bonds. The molecule has 1 aromatic carbocycles. The maximum Gasteiger partial charge on any atom is 0.326 e. The number of hydrogen-bond acceptors (Lipinski definition) is 7. The number of nitrogens with one attached hydrogen (secondary N) is 4. The number of carbonyl (C=O) groups is 6. The molecular formula is C26H36N6O8. The van der Waals surface area contributed by atoms with Gasteiger partial charge in [-0.2, -0.15) is 0 Å². The molecule has 0 saturated heterocycles. The van der Waals surface area contributed by atoms with Gasteiger partial charge in [0.15, 0.2) is 0 Å². The van der Waals surface area contributed by atoms with E-state index in [-0.39, 0.29) is 25.7 Å². The van der Waals surface area contributed by atoms with Gasteiger partial charge in [0, 0.05) is 36.4 Å². The van der Waals surface area contributed by atoms with Crippen LogP contribution < -0.4 is 27.4 Å². The topological polar surface area (TPSA) is 247 Å². The van der Waals surface area contributed by atoms with Gasteiger partial charge in [0.05, 0.1) is 6.04 Å². The van der Waals surface area contributed by atoms with Gasteiger partial charge in [-0.15, -0.1) is 0 Å². The highest BCUT2D eigenvalue weighted by Gasteiger charge is 2.32. The second-order valence-corrected chi connectivity index (χ2v) is 9.80. The van der Waals surface area contributed by atoms with E-state index in [1.54, 1.807) is 26.1 Å². The summed E-state index contributed by atoms with van der Waals surface area (Å²) in [4.78, 5) is 76.1. The second-order valence-electron chi connectivity index (χ2n) is 9.80. The molecular weight excluding hydrogens is 524 g/mol. The summed E-state index contributed by atoms with van der Waals surface area (Å²) in [5, 5.41) is 26.8. The van der Waals surface area contributed by atoms with E-state index in [1.165, 1.54) is 0 Å². The minimum Gasteiger partial charge on any atom is -0.481 e. The number of carboxylic acid groups (broad SMARTS) is 2. The zero-order valence-corrected chi connectivity index (χ0v) is 22.3. The molecule has 14 heteroatoms. The number of aromatic amines is 1. The van der Waals surface area contributed by atoms with Gasteiger partial charge in [-0.25, -0.2) is 4.79 Å². The summed E-state index contributed by atoms with van der Waals surface area (Å²) in [5.74, 6) is -6.06. The van der Waals surface area contributed by atoms with Crippen molar-refractivity contribution in [3.05, 3.63) is 36.0 Å². The molecule has 2 aromatic rings. The van der Waals surface area contributed by atoms with Crippen molar-refractivity contribution in [3.8, 4) is 0 Å². The van der Waals surface area contributed by atoms with Crippen molar-refractivity contribution in [1.82, 2.24) is 20.9 Å². The first-order valence-electron chi connectivity index (χ1n) is 12.7. The van der Waals surface area contributed by atoms with Gasteiger partial charge in [0.1, 0.15) is 18.1 Å². The maximum atomic E-state index is 13.3. The first-order valence-corrected chi connectivity index (χ1v) is 12.7. The number of carboxylic acids is 2. The molecule has 0 aliphatic rings. The van der Waals surface area contributed by atoms with Gasteiger partial charge in [0.25, 0.3) is 0 Å². The van der Waals surface area contributed by atoms with Crippen LogP contribution in [-0.4, -0.2) is 74.9 Å². The number of amides is 4. The van der Waals surface area contributed by atoms with Gasteiger partial charge in [-0.05, 0) is 30.4 Å². The Morgan fingerprint density at radius 3 is 2.10 bits per heavy atom. The number of aromatic nitrogens is 1. The molecule has 0 aliphatic carbocycles. The van der Waals surface area contributed by atoms with Crippen LogP contribution in [0, 0.1) is 5.92 Å². The molecule has 14 nitrogen and oxygen atoms in total. The Hall–Kier alpha value is -4.46. The smallest absolute Gasteiger partial charge is 0.326 e. The van der Waals surface area contributed by atoms with Crippen LogP contribution in [0.15, 0.2) is 30.5 Å². The predicted molar refractivity (Wildman–Crippen MR) is 144 cm³/mol. The quantitative estimate of drug-likeness (QED) is 0.130. The minimum atomic E-state index is -1.39. The van der Waals surface area contributed by atoms with E-state index in [9.17, 15) is 33.9 Å². The zero-order chi connectivity index (χ0) is 30.0. The number of benzene rings is 1. The van der Waals surface area contributed by atoms with E-state index in [1.807, 2.05) is 18.2 Å². The molecule has 40 heavy (non-hydrogen) atoms. The number of para-hydroxylation sites is 1. The van der Waals surface area contributed by atoms with E-state index in [0.29, 0.717) is 5.56 Å². The number of primary amides is 1. The van der Waals surface area contributed by atoms with E-state index >= 15 is 0 Å². The average molecular weight is 561 g/mol. The number of rotatable bonds is 16. The molecule has 0 fully saturated rings. The van der Waals surface area contributed by atoms with Gasteiger partial charge in [-0.3, -0.25) is 24.0 Å². The van der Waals surface area contributed by atoms with Gasteiger partial charge in [-0.1, -0.05) is 32.0 Å². The summed E-state index contributed by atoms with van der Waals surface area (Å²) in [6.45, 7) is 3.23. The molecule has 0 radical (unpaired) electrons. The fourth-order valence-electron chi connectivity index (χ4n) is 4.01. The maximum absolute atomic E-state index is 13.3. The Balaban J connectivity index is 2.31. The first kappa shape index (κ1) is 31.8. The number of hydrogen-bond donors (Lipinski definition) is 8. The number of H-pyrrole nitrogens is 1. The molecule has 0 aliphatic heterocycles. The van der Waals surface area contributed by atoms with E-state index < -0.39 is 72.1 Å². The number of aliphatic carboxylic acids is 2. The van der Waals surface area contributed by atoms with Crippen LogP contribution in [0.5, 0.6) is 0 Å². The van der Waals surface area contributed by atoms with Crippen LogP contribution >= 0.6 is 0 Å². The van der Waals surface area contributed by atoms with Crippen molar-refractivity contribution in [3.63, 3.8) is 0 Å². The van der Waals surface area contributed by atoms with Crippen molar-refractivity contribution in [2.24, 2.45) is 17.4 Å². The number of carbonyl (C=O) groups excluding carboxylic acids is 4. The van der Waals surface area contributed by atoms with Crippen LogP contribution in [0.1, 0.15) is 45.1 Å². The second kappa shape index (κ2) is 14.6. The van der Waals surface area contributed by atoms with Crippen LogP contribution in [0.2, 0.25) is 0 Å². The van der Waals surface area contributed by atoms with Gasteiger partial charge < -0.3 is 42.6 Å². The fraction of sp³-hybridized carbons (Fsp3) is 0.462. The highest BCUT2D eigenvalue weighted by atomic mass is 16.4. The van der Waals surface area contributed by atoms with E-state index in [2.05, 4.69) is 20.9 Å². The largest absolute Gasteiger partial charge is 0.481 e. The summed E-state index contributed by atoms with van der Waals surface area (Å²) < 4.78 is 0. The third-order valence-electron chi connectivity index (χ3n) is 6.28. The molecule has 4 unspecified atom stereocenters. The van der Waals surface area contributed by atoms with Crippen molar-refractivity contribution < 1.29 is 39.0 Å². The van der Waals surface area contributed by atoms with Crippen LogP contribution in [-0.2, 0) is 35.2 Å². The van der Waals surface area contributed by atoms with Crippen molar-refractivity contribution in [2.75, 3.05) is 0 Å². The van der Waals surface area contributed by atoms with Crippen molar-refractivity contribution >= 4 is 46.5 Å². The van der Waals surface area contributed by atoms with E-state index in [0.717, 1.165) is 10.9 Å². The highest BCUT2D eigenvalue weighted by molar-refractivity contribution is 5.95. The Bertz CT molecular complexity index is 1240. The molecule has 1 aromatic heterocycles. The Morgan fingerprint density at radius 2 is 1.50 bits per heavy atom. The molecule has 1 heterocycles. The predicted octanol–water partition coefficient (Wildman–Crippen LogP) is -0.637. The third kappa shape index (κ3) is 9.38. The third-order valence-corrected chi connectivity index (χ3v) is 6.28. The van der Waals surface area contributed by atoms with Crippen LogP contribution in [0.3, 0.4) is 0 Å². The summed E-state index contributed by atoms with van der Waals surface area (Å²) >= 11 is 0. The Kier molecular flexibility index (Phi) is 11.6. The lowest BCUT2D eigenvalue weighted by Crippen LogP contribution is -2.58. The van der Waals surface area contributed by atoms with Gasteiger partial charge >= 0.3 is 11.9 Å². The summed E-state index contributed by atoms with van der Waals surface area (Å²) in [6.07, 6.45) is 0.558. The minimum absolute atomic E-state index is 0.0380. The molecule has 0 saturated carbocycles. The van der Waals surface area contributed by atoms with Crippen LogP contribution in [0.25, 0.3) is 10.9 Å². The summed E-state index contributed by atoms with van der Waals surface area (Å²) in [7, 11) is 0. The zero-order valence-electron chi connectivity index (χ0n) is 22.3. The van der Waals surface area contributed by atoms with E-state index in [4.69, 9.17) is 16.6 Å². The van der Waals surface area contributed by atoms with Crippen molar-refractivity contribution in [2.45, 2.75) is 70.1 Å². The molecule has 218 valence electrons. The van der Waals surface area contributed by atoms with Gasteiger partial charge in [0.2, 0.25) is 23.6 Å². The van der Waals surface area contributed by atoms with Crippen LogP contribution in [0.4, 0.5) is 0 Å². The lowest BCUT2D eigenvalue weighted by molar-refractivity contribution is -0.143. The first-order chi connectivity index (χ1) is 18.8. The standard InChI is InChI=1S/C26H36N6O8/c1-13(2)22(26(39)40)32-25(38)19(11-14-12-29-17-6-4-3-5-15(14)17)31-24(37)18(8-10-21(34)35)30-23(36)16(27)7-9-20(28)33/h3-6,12-13,16,18-19,22,29H,7-11,27H2,1-2H3,(H2,28,33)(H,30,36)(H,31,37)(H,32,38)(H,34,35)(H,39,40). The molecule has 2 rings (SSSR count). The summed E-state index contributed by atoms with van der Waals surface area (Å²) in [6, 6.07) is 2.16. The Labute approximate surface area is 230 Å². The lowest BCUT2D eigenvalue weighted by atomic mass is 10.0. The monoisotopic (exact) mass is 560 g/mol. The highest BCUT2D eigenvalue weighted by Crippen LogP contribution is 2.19. The normalized spacial score (nSPS) is 14.1. The molecule has 10 N–H and O–H groups in total. The Morgan fingerprint density at radius 1 is 0.875 bits per heavy atom. The number of fused-ring (bicyclic) bond motifs is 1. The molecule has 4 atom stereocenters. The fourth-order valence-corrected chi connectivity index (χ4v) is 4.01. The lowest BCUT2D eigenvalue weighted by Gasteiger charge is -2.26. The van der Waals surface area contributed by atoms with Crippen molar-refractivity contribution in [1.29, 1.82) is 0 Å². The summed E-state index contributed by atoms with van der Waals surface area (Å²) in [5.41, 5.74) is 12.3. The average Bonchev–Trinajstić information content (AvgIpc) is 3.29. The SMILES string of the molecule is CC(C)C(NC(=O)C(Cc1c[nH]c2ccccc12)NC(=O)C(CCC(=O)O)NC(=O)C(N)CCC(N)=O)C(=O)O. The molecule has 0 spiro atoms. The molecule has 0 bridgehead atoms. The number of nitrogens with two attached hydrogens (primary N) is 2.